The highest BCUT2D eigenvalue weighted by Crippen LogP contribution is 2.15. The Kier molecular flexibility index (Phi) is 8.64. The zero-order chi connectivity index (χ0) is 17.5. The second-order valence-electron chi connectivity index (χ2n) is 6.58. The van der Waals surface area contributed by atoms with Crippen LogP contribution in [0.4, 0.5) is 0 Å². The van der Waals surface area contributed by atoms with E-state index in [4.69, 9.17) is 0 Å². The first-order chi connectivity index (χ1) is 12.3. The maximum Gasteiger partial charge on any atom is 0.191 e. The van der Waals surface area contributed by atoms with E-state index in [2.05, 4.69) is 55.2 Å². The van der Waals surface area contributed by atoms with Gasteiger partial charge in [0.05, 0.1) is 17.4 Å². The van der Waals surface area contributed by atoms with Crippen molar-refractivity contribution in [2.75, 3.05) is 33.2 Å². The molecule has 0 bridgehead atoms. The SMILES string of the molecule is CCN1CCCC1CNC(=NC)NCCCn1cnc2ccccc21.I. The van der Waals surface area contributed by atoms with Crippen LogP contribution in [0.5, 0.6) is 0 Å². The average molecular weight is 470 g/mol. The lowest BCUT2D eigenvalue weighted by Gasteiger charge is -2.24. The number of guanidine groups is 1. The van der Waals surface area contributed by atoms with Gasteiger partial charge in [0.15, 0.2) is 5.96 Å². The van der Waals surface area contributed by atoms with Crippen molar-refractivity contribution >= 4 is 41.0 Å². The molecule has 1 aliphatic heterocycles. The predicted molar refractivity (Wildman–Crippen MR) is 119 cm³/mol. The fourth-order valence-electron chi connectivity index (χ4n) is 3.62. The quantitative estimate of drug-likeness (QED) is 0.283. The summed E-state index contributed by atoms with van der Waals surface area (Å²) in [6.07, 6.45) is 5.55. The molecule has 0 amide bonds. The van der Waals surface area contributed by atoms with Crippen LogP contribution >= 0.6 is 24.0 Å². The Morgan fingerprint density at radius 3 is 2.96 bits per heavy atom. The molecule has 1 aromatic carbocycles. The highest BCUT2D eigenvalue weighted by molar-refractivity contribution is 14.0. The van der Waals surface area contributed by atoms with Crippen LogP contribution in [0.2, 0.25) is 0 Å². The fraction of sp³-hybridized carbons (Fsp3) is 0.579. The van der Waals surface area contributed by atoms with Gasteiger partial charge in [0.2, 0.25) is 0 Å². The molecular formula is C19H31IN6. The topological polar surface area (TPSA) is 57.5 Å². The molecule has 2 aromatic rings. The zero-order valence-electron chi connectivity index (χ0n) is 15.8. The maximum atomic E-state index is 4.44. The van der Waals surface area contributed by atoms with Gasteiger partial charge in [-0.25, -0.2) is 4.98 Å². The molecule has 7 heteroatoms. The molecule has 0 spiro atoms. The summed E-state index contributed by atoms with van der Waals surface area (Å²) in [6, 6.07) is 8.91. The molecule has 1 fully saturated rings. The van der Waals surface area contributed by atoms with Crippen molar-refractivity contribution < 1.29 is 0 Å². The van der Waals surface area contributed by atoms with Gasteiger partial charge in [-0.15, -0.1) is 24.0 Å². The van der Waals surface area contributed by atoms with Crippen LogP contribution in [0.25, 0.3) is 11.0 Å². The van der Waals surface area contributed by atoms with E-state index in [1.54, 1.807) is 0 Å². The Morgan fingerprint density at radius 2 is 2.15 bits per heavy atom. The number of aryl methyl sites for hydroxylation is 1. The van der Waals surface area contributed by atoms with Crippen LogP contribution in [-0.2, 0) is 6.54 Å². The second-order valence-corrected chi connectivity index (χ2v) is 6.58. The second kappa shape index (κ2) is 10.7. The minimum atomic E-state index is 0. The Labute approximate surface area is 173 Å². The monoisotopic (exact) mass is 470 g/mol. The Balaban J connectivity index is 0.00000243. The molecule has 0 radical (unpaired) electrons. The van der Waals surface area contributed by atoms with Crippen molar-refractivity contribution in [3.05, 3.63) is 30.6 Å². The van der Waals surface area contributed by atoms with E-state index in [-0.39, 0.29) is 24.0 Å². The lowest BCUT2D eigenvalue weighted by Crippen LogP contribution is -2.45. The number of likely N-dealkylation sites (tertiary alicyclic amines) is 1. The molecular weight excluding hydrogens is 439 g/mol. The van der Waals surface area contributed by atoms with E-state index in [0.717, 1.165) is 44.1 Å². The summed E-state index contributed by atoms with van der Waals surface area (Å²) in [6.45, 7) is 7.43. The third kappa shape index (κ3) is 5.33. The highest BCUT2D eigenvalue weighted by Gasteiger charge is 2.22. The number of rotatable bonds is 7. The number of hydrogen-bond acceptors (Lipinski definition) is 3. The standard InChI is InChI=1S/C19H30N6.HI/c1-3-24-12-6-8-16(24)14-22-19(20-2)21-11-7-13-25-15-23-17-9-4-5-10-18(17)25;/h4-5,9-10,15-16H,3,6-8,11-14H2,1-2H3,(H2,20,21,22);1H. The fourth-order valence-corrected chi connectivity index (χ4v) is 3.62. The van der Waals surface area contributed by atoms with Gasteiger partial charge in [0.1, 0.15) is 0 Å². The molecule has 0 saturated carbocycles. The molecule has 1 atom stereocenters. The molecule has 1 aliphatic rings. The number of aromatic nitrogens is 2. The molecule has 2 N–H and O–H groups in total. The van der Waals surface area contributed by atoms with Gasteiger partial charge in [-0.3, -0.25) is 9.89 Å². The summed E-state index contributed by atoms with van der Waals surface area (Å²) in [7, 11) is 1.84. The summed E-state index contributed by atoms with van der Waals surface area (Å²) in [4.78, 5) is 11.3. The van der Waals surface area contributed by atoms with Gasteiger partial charge in [-0.05, 0) is 44.5 Å². The number of nitrogens with one attached hydrogen (secondary N) is 2. The van der Waals surface area contributed by atoms with Crippen LogP contribution in [0.3, 0.4) is 0 Å². The van der Waals surface area contributed by atoms with Gasteiger partial charge < -0.3 is 15.2 Å². The number of hydrogen-bond donors (Lipinski definition) is 2. The molecule has 26 heavy (non-hydrogen) atoms. The van der Waals surface area contributed by atoms with Crippen LogP contribution < -0.4 is 10.6 Å². The van der Waals surface area contributed by atoms with E-state index in [1.165, 1.54) is 24.9 Å². The van der Waals surface area contributed by atoms with Crippen LogP contribution in [0.15, 0.2) is 35.6 Å². The molecule has 2 heterocycles. The first kappa shape index (κ1) is 21.0. The van der Waals surface area contributed by atoms with Crippen LogP contribution in [0.1, 0.15) is 26.2 Å². The summed E-state index contributed by atoms with van der Waals surface area (Å²) in [5.74, 6) is 0.901. The Bertz CT molecular complexity index is 698. The van der Waals surface area contributed by atoms with Gasteiger partial charge in [0.25, 0.3) is 0 Å². The molecule has 144 valence electrons. The Hall–Kier alpha value is -1.35. The summed E-state index contributed by atoms with van der Waals surface area (Å²) >= 11 is 0. The first-order valence-corrected chi connectivity index (χ1v) is 9.40. The average Bonchev–Trinajstić information content (AvgIpc) is 3.27. The first-order valence-electron chi connectivity index (χ1n) is 9.40. The molecule has 0 aliphatic carbocycles. The lowest BCUT2D eigenvalue weighted by atomic mass is 10.2. The molecule has 1 unspecified atom stereocenters. The minimum Gasteiger partial charge on any atom is -0.356 e. The van der Waals surface area contributed by atoms with Crippen LogP contribution in [0, 0.1) is 0 Å². The normalized spacial score (nSPS) is 18.1. The molecule has 1 saturated heterocycles. The summed E-state index contributed by atoms with van der Waals surface area (Å²) < 4.78 is 2.21. The zero-order valence-corrected chi connectivity index (χ0v) is 18.1. The van der Waals surface area contributed by atoms with E-state index in [0.29, 0.717) is 6.04 Å². The van der Waals surface area contributed by atoms with Gasteiger partial charge in [-0.1, -0.05) is 19.1 Å². The van der Waals surface area contributed by atoms with Gasteiger partial charge in [-0.2, -0.15) is 0 Å². The van der Waals surface area contributed by atoms with Crippen molar-refractivity contribution in [1.29, 1.82) is 0 Å². The van der Waals surface area contributed by atoms with Crippen LogP contribution in [-0.4, -0.2) is 59.7 Å². The molecule has 1 aromatic heterocycles. The van der Waals surface area contributed by atoms with Crippen molar-refractivity contribution in [3.63, 3.8) is 0 Å². The predicted octanol–water partition coefficient (Wildman–Crippen LogP) is 2.69. The van der Waals surface area contributed by atoms with Crippen molar-refractivity contribution in [3.8, 4) is 0 Å². The van der Waals surface area contributed by atoms with Crippen molar-refractivity contribution in [1.82, 2.24) is 25.1 Å². The molecule has 3 rings (SSSR count). The molecule has 6 nitrogen and oxygen atoms in total. The minimum absolute atomic E-state index is 0. The summed E-state index contributed by atoms with van der Waals surface area (Å²) in [5.41, 5.74) is 2.26. The number of aliphatic imine (C=N–C) groups is 1. The number of fused-ring (bicyclic) bond motifs is 1. The maximum absolute atomic E-state index is 4.44. The number of likely N-dealkylation sites (N-methyl/N-ethyl adjacent to an activating group) is 1. The van der Waals surface area contributed by atoms with E-state index < -0.39 is 0 Å². The van der Waals surface area contributed by atoms with Gasteiger partial charge >= 0.3 is 0 Å². The van der Waals surface area contributed by atoms with Gasteiger partial charge in [0, 0.05) is 32.7 Å². The number of benzene rings is 1. The van der Waals surface area contributed by atoms with E-state index >= 15 is 0 Å². The summed E-state index contributed by atoms with van der Waals surface area (Å²) in [5, 5.41) is 6.90. The van der Waals surface area contributed by atoms with Crippen molar-refractivity contribution in [2.45, 2.75) is 38.8 Å². The number of halogens is 1. The lowest BCUT2D eigenvalue weighted by molar-refractivity contribution is 0.267. The smallest absolute Gasteiger partial charge is 0.191 e. The van der Waals surface area contributed by atoms with Crippen molar-refractivity contribution in [2.24, 2.45) is 4.99 Å². The Morgan fingerprint density at radius 1 is 1.31 bits per heavy atom. The van der Waals surface area contributed by atoms with E-state index in [9.17, 15) is 0 Å². The highest BCUT2D eigenvalue weighted by atomic mass is 127. The van der Waals surface area contributed by atoms with E-state index in [1.807, 2.05) is 19.4 Å². The third-order valence-corrected chi connectivity index (χ3v) is 5.03. The largest absolute Gasteiger partial charge is 0.356 e. The third-order valence-electron chi connectivity index (χ3n) is 5.03. The number of nitrogens with zero attached hydrogens (tertiary/aromatic N) is 4. The number of para-hydroxylation sites is 2. The number of imidazole rings is 1.